The predicted molar refractivity (Wildman–Crippen MR) is 70.2 cm³/mol. The van der Waals surface area contributed by atoms with Gasteiger partial charge in [-0.2, -0.15) is 0 Å². The summed E-state index contributed by atoms with van der Waals surface area (Å²) >= 11 is 0. The van der Waals surface area contributed by atoms with Crippen LogP contribution >= 0.6 is 0 Å². The van der Waals surface area contributed by atoms with E-state index in [0.29, 0.717) is 11.5 Å². The van der Waals surface area contributed by atoms with Crippen LogP contribution in [0, 0.1) is 0 Å². The fourth-order valence-electron chi connectivity index (χ4n) is 2.65. The molecule has 1 N–H and O–H groups in total. The van der Waals surface area contributed by atoms with Crippen molar-refractivity contribution in [1.29, 1.82) is 0 Å². The number of benzene rings is 1. The zero-order valence-corrected chi connectivity index (χ0v) is 11.2. The lowest BCUT2D eigenvalue weighted by Crippen LogP contribution is -2.39. The zero-order valence-electron chi connectivity index (χ0n) is 11.2. The first-order valence-electron chi connectivity index (χ1n) is 6.27. The summed E-state index contributed by atoms with van der Waals surface area (Å²) < 4.78 is 10.5. The predicted octanol–water partition coefficient (Wildman–Crippen LogP) is 1.83. The number of likely N-dealkylation sites (N-methyl/N-ethyl adjacent to an activating group) is 1. The molecule has 1 aromatic rings. The summed E-state index contributed by atoms with van der Waals surface area (Å²) in [6.07, 6.45) is 1.58. The molecule has 0 aromatic heterocycles. The molecule has 4 heteroatoms. The molecule has 0 saturated carbocycles. The molecule has 2 rings (SSSR count). The summed E-state index contributed by atoms with van der Waals surface area (Å²) in [4.78, 5) is 2.19. The van der Waals surface area contributed by atoms with Gasteiger partial charge in [-0.3, -0.25) is 4.90 Å². The first-order valence-corrected chi connectivity index (χ1v) is 6.27. The molecule has 0 spiro atoms. The van der Waals surface area contributed by atoms with Crippen LogP contribution in [0.4, 0.5) is 0 Å². The highest BCUT2D eigenvalue weighted by atomic mass is 16.5. The molecular formula is C14H21NO3. The smallest absolute Gasteiger partial charge is 0.161 e. The molecule has 1 fully saturated rings. The largest absolute Gasteiger partial charge is 0.493 e. The van der Waals surface area contributed by atoms with Crippen molar-refractivity contribution in [2.75, 3.05) is 27.8 Å². The Kier molecular flexibility index (Phi) is 4.09. The molecule has 1 aliphatic heterocycles. The van der Waals surface area contributed by atoms with E-state index in [-0.39, 0.29) is 12.1 Å². The Balaban J connectivity index is 2.32. The third kappa shape index (κ3) is 2.44. The van der Waals surface area contributed by atoms with E-state index in [9.17, 15) is 5.11 Å². The average Bonchev–Trinajstić information content (AvgIpc) is 2.38. The Morgan fingerprint density at radius 1 is 1.22 bits per heavy atom. The Morgan fingerprint density at radius 3 is 2.56 bits per heavy atom. The third-order valence-electron chi connectivity index (χ3n) is 3.60. The number of aliphatic hydroxyl groups is 1. The van der Waals surface area contributed by atoms with Crippen LogP contribution in [0.3, 0.4) is 0 Å². The second-order valence-electron chi connectivity index (χ2n) is 4.75. The lowest BCUT2D eigenvalue weighted by molar-refractivity contribution is 0.0240. The van der Waals surface area contributed by atoms with Crippen LogP contribution in [0.15, 0.2) is 18.2 Å². The number of aliphatic hydroxyl groups excluding tert-OH is 1. The number of likely N-dealkylation sites (tertiary alicyclic amines) is 1. The van der Waals surface area contributed by atoms with E-state index < -0.39 is 0 Å². The summed E-state index contributed by atoms with van der Waals surface area (Å²) in [5.41, 5.74) is 1.07. The van der Waals surface area contributed by atoms with Gasteiger partial charge in [0.15, 0.2) is 11.5 Å². The van der Waals surface area contributed by atoms with Gasteiger partial charge in [0.2, 0.25) is 0 Å². The van der Waals surface area contributed by atoms with E-state index in [4.69, 9.17) is 9.47 Å². The standard InChI is InChI=1S/C14H21NO3/c1-15-8-4-5-11(16)14(15)10-6-7-12(17-2)13(9-10)18-3/h6-7,9,11,14,16H,4-5,8H2,1-3H3. The van der Waals surface area contributed by atoms with E-state index in [0.717, 1.165) is 24.9 Å². The molecule has 0 bridgehead atoms. The lowest BCUT2D eigenvalue weighted by atomic mass is 9.93. The Labute approximate surface area is 108 Å². The Morgan fingerprint density at radius 2 is 1.94 bits per heavy atom. The van der Waals surface area contributed by atoms with Gasteiger partial charge in [0.25, 0.3) is 0 Å². The van der Waals surface area contributed by atoms with E-state index in [2.05, 4.69) is 4.90 Å². The zero-order chi connectivity index (χ0) is 13.1. The van der Waals surface area contributed by atoms with Gasteiger partial charge < -0.3 is 14.6 Å². The van der Waals surface area contributed by atoms with Gasteiger partial charge in [-0.05, 0) is 44.1 Å². The second-order valence-corrected chi connectivity index (χ2v) is 4.75. The molecule has 18 heavy (non-hydrogen) atoms. The monoisotopic (exact) mass is 251 g/mol. The molecule has 100 valence electrons. The van der Waals surface area contributed by atoms with E-state index >= 15 is 0 Å². The van der Waals surface area contributed by atoms with Crippen LogP contribution in [-0.2, 0) is 0 Å². The van der Waals surface area contributed by atoms with Crippen LogP contribution in [0.2, 0.25) is 0 Å². The summed E-state index contributed by atoms with van der Waals surface area (Å²) in [6, 6.07) is 5.88. The number of nitrogens with zero attached hydrogens (tertiary/aromatic N) is 1. The molecule has 0 aliphatic carbocycles. The fourth-order valence-corrected chi connectivity index (χ4v) is 2.65. The van der Waals surface area contributed by atoms with Gasteiger partial charge in [-0.15, -0.1) is 0 Å². The molecule has 0 radical (unpaired) electrons. The van der Waals surface area contributed by atoms with Gasteiger partial charge in [0.1, 0.15) is 0 Å². The van der Waals surface area contributed by atoms with Crippen molar-refractivity contribution >= 4 is 0 Å². The molecule has 1 aliphatic rings. The quantitative estimate of drug-likeness (QED) is 0.890. The molecule has 4 nitrogen and oxygen atoms in total. The Bertz CT molecular complexity index is 398. The second kappa shape index (κ2) is 5.59. The van der Waals surface area contributed by atoms with Gasteiger partial charge in [-0.1, -0.05) is 6.07 Å². The fraction of sp³-hybridized carbons (Fsp3) is 0.571. The molecule has 1 saturated heterocycles. The lowest BCUT2D eigenvalue weighted by Gasteiger charge is -2.37. The Hall–Kier alpha value is -1.26. The summed E-state index contributed by atoms with van der Waals surface area (Å²) in [5.74, 6) is 1.43. The van der Waals surface area contributed by atoms with E-state index in [1.165, 1.54) is 0 Å². The maximum atomic E-state index is 10.2. The van der Waals surface area contributed by atoms with E-state index in [1.54, 1.807) is 14.2 Å². The molecule has 2 unspecified atom stereocenters. The van der Waals surface area contributed by atoms with E-state index in [1.807, 2.05) is 25.2 Å². The third-order valence-corrected chi connectivity index (χ3v) is 3.60. The SMILES string of the molecule is COc1ccc(C2C(O)CCCN2C)cc1OC. The van der Waals surface area contributed by atoms with Gasteiger partial charge in [-0.25, -0.2) is 0 Å². The maximum absolute atomic E-state index is 10.2. The maximum Gasteiger partial charge on any atom is 0.161 e. The summed E-state index contributed by atoms with van der Waals surface area (Å²) in [5, 5.41) is 10.2. The molecular weight excluding hydrogens is 230 g/mol. The van der Waals surface area contributed by atoms with Crippen molar-refractivity contribution in [2.45, 2.75) is 25.0 Å². The van der Waals surface area contributed by atoms with Gasteiger partial charge in [0.05, 0.1) is 26.4 Å². The number of hydrogen-bond donors (Lipinski definition) is 1. The number of methoxy groups -OCH3 is 2. The van der Waals surface area contributed by atoms with Gasteiger partial charge >= 0.3 is 0 Å². The molecule has 2 atom stereocenters. The highest BCUT2D eigenvalue weighted by Gasteiger charge is 2.29. The molecule has 1 aromatic carbocycles. The number of ether oxygens (including phenoxy) is 2. The molecule has 0 amide bonds. The van der Waals surface area contributed by atoms with Crippen molar-refractivity contribution < 1.29 is 14.6 Å². The highest BCUT2D eigenvalue weighted by Crippen LogP contribution is 2.35. The van der Waals surface area contributed by atoms with Crippen LogP contribution in [0.5, 0.6) is 11.5 Å². The van der Waals surface area contributed by atoms with Crippen molar-refractivity contribution in [3.8, 4) is 11.5 Å². The first-order chi connectivity index (χ1) is 8.67. The van der Waals surface area contributed by atoms with Crippen LogP contribution < -0.4 is 9.47 Å². The average molecular weight is 251 g/mol. The topological polar surface area (TPSA) is 41.9 Å². The van der Waals surface area contributed by atoms with Crippen molar-refractivity contribution in [2.24, 2.45) is 0 Å². The number of piperidine rings is 1. The minimum Gasteiger partial charge on any atom is -0.493 e. The normalized spacial score (nSPS) is 24.9. The van der Waals surface area contributed by atoms with Crippen molar-refractivity contribution in [3.05, 3.63) is 23.8 Å². The van der Waals surface area contributed by atoms with Crippen molar-refractivity contribution in [3.63, 3.8) is 0 Å². The van der Waals surface area contributed by atoms with Crippen LogP contribution in [-0.4, -0.2) is 43.9 Å². The number of rotatable bonds is 3. The van der Waals surface area contributed by atoms with Crippen LogP contribution in [0.1, 0.15) is 24.4 Å². The van der Waals surface area contributed by atoms with Crippen LogP contribution in [0.25, 0.3) is 0 Å². The number of hydrogen-bond acceptors (Lipinski definition) is 4. The summed E-state index contributed by atoms with van der Waals surface area (Å²) in [6.45, 7) is 1.01. The first kappa shape index (κ1) is 13.2. The minimum atomic E-state index is -0.318. The summed E-state index contributed by atoms with van der Waals surface area (Å²) in [7, 11) is 5.30. The van der Waals surface area contributed by atoms with Crippen molar-refractivity contribution in [1.82, 2.24) is 4.90 Å². The minimum absolute atomic E-state index is 0.0403. The highest BCUT2D eigenvalue weighted by molar-refractivity contribution is 5.44. The van der Waals surface area contributed by atoms with Gasteiger partial charge in [0, 0.05) is 0 Å². The molecule has 1 heterocycles.